The first kappa shape index (κ1) is 20.5. The van der Waals surface area contributed by atoms with Crippen molar-refractivity contribution in [1.29, 1.82) is 0 Å². The van der Waals surface area contributed by atoms with Gasteiger partial charge in [0.25, 0.3) is 5.91 Å². The van der Waals surface area contributed by atoms with Gasteiger partial charge in [0.2, 0.25) is 0 Å². The quantitative estimate of drug-likeness (QED) is 0.770. The summed E-state index contributed by atoms with van der Waals surface area (Å²) in [5, 5.41) is 3.15. The lowest BCUT2D eigenvalue weighted by Gasteiger charge is -2.35. The Morgan fingerprint density at radius 2 is 1.63 bits per heavy atom. The number of benzene rings is 2. The van der Waals surface area contributed by atoms with Gasteiger partial charge in [-0.25, -0.2) is 4.79 Å². The van der Waals surface area contributed by atoms with Crippen molar-refractivity contribution in [2.75, 3.05) is 18.0 Å². The molecule has 0 aromatic heterocycles. The number of carbonyl (C=O) groups is 2. The average molecular weight is 406 g/mol. The van der Waals surface area contributed by atoms with E-state index in [2.05, 4.69) is 36.5 Å². The number of nitrogens with one attached hydrogen (secondary N) is 1. The van der Waals surface area contributed by atoms with E-state index < -0.39 is 0 Å². The van der Waals surface area contributed by atoms with Gasteiger partial charge in [-0.05, 0) is 56.0 Å². The topological polar surface area (TPSA) is 52.6 Å². The molecule has 3 amide bonds. The predicted molar refractivity (Wildman–Crippen MR) is 120 cm³/mol. The van der Waals surface area contributed by atoms with E-state index in [1.54, 1.807) is 0 Å². The van der Waals surface area contributed by atoms with Crippen LogP contribution in [0.2, 0.25) is 0 Å². The summed E-state index contributed by atoms with van der Waals surface area (Å²) in [6.45, 7) is 4.16. The smallest absolute Gasteiger partial charge is 0.324 e. The number of rotatable bonds is 5. The van der Waals surface area contributed by atoms with Crippen LogP contribution in [0.3, 0.4) is 0 Å². The number of nitrogens with zero attached hydrogens (tertiary/aromatic N) is 2. The lowest BCUT2D eigenvalue weighted by molar-refractivity contribution is 0.0927. The number of urea groups is 1. The van der Waals surface area contributed by atoms with E-state index in [-0.39, 0.29) is 11.9 Å². The second kappa shape index (κ2) is 9.33. The van der Waals surface area contributed by atoms with Crippen LogP contribution in [0.1, 0.15) is 60.0 Å². The number of aryl methyl sites for hydroxylation is 1. The van der Waals surface area contributed by atoms with Gasteiger partial charge in [0.05, 0.1) is 0 Å². The molecule has 0 bridgehead atoms. The highest BCUT2D eigenvalue weighted by molar-refractivity contribution is 5.96. The largest absolute Gasteiger partial charge is 0.349 e. The van der Waals surface area contributed by atoms with Crippen LogP contribution in [0, 0.1) is 6.92 Å². The van der Waals surface area contributed by atoms with Crippen molar-refractivity contribution in [3.05, 3.63) is 65.2 Å². The third-order valence-corrected chi connectivity index (χ3v) is 6.19. The Labute approximate surface area is 179 Å². The molecule has 5 heteroatoms. The molecule has 2 aromatic rings. The Balaban J connectivity index is 1.39. The van der Waals surface area contributed by atoms with E-state index in [0.717, 1.165) is 37.1 Å². The summed E-state index contributed by atoms with van der Waals surface area (Å²) in [4.78, 5) is 29.3. The van der Waals surface area contributed by atoms with Crippen molar-refractivity contribution < 1.29 is 9.59 Å². The minimum absolute atomic E-state index is 0.0144. The highest BCUT2D eigenvalue weighted by atomic mass is 16.2. The van der Waals surface area contributed by atoms with Gasteiger partial charge < -0.3 is 10.2 Å². The SMILES string of the molecule is Cc1ccc(CN2CCCN(c3ccc(C(=O)NC4CCCCC4)cc3)C2=O)cc1. The molecule has 0 spiro atoms. The average Bonchev–Trinajstić information content (AvgIpc) is 2.77. The van der Waals surface area contributed by atoms with E-state index in [0.29, 0.717) is 24.7 Å². The van der Waals surface area contributed by atoms with Crippen LogP contribution in [-0.4, -0.2) is 36.0 Å². The van der Waals surface area contributed by atoms with E-state index in [1.165, 1.54) is 24.8 Å². The fourth-order valence-corrected chi connectivity index (χ4v) is 4.39. The van der Waals surface area contributed by atoms with Gasteiger partial charge in [-0.2, -0.15) is 0 Å². The summed E-state index contributed by atoms with van der Waals surface area (Å²) in [5.74, 6) is -0.0144. The van der Waals surface area contributed by atoms with Gasteiger partial charge in [0.1, 0.15) is 0 Å². The highest BCUT2D eigenvalue weighted by Crippen LogP contribution is 2.23. The molecule has 1 aliphatic carbocycles. The Morgan fingerprint density at radius 3 is 2.33 bits per heavy atom. The van der Waals surface area contributed by atoms with E-state index in [1.807, 2.05) is 34.1 Å². The summed E-state index contributed by atoms with van der Waals surface area (Å²) < 4.78 is 0. The van der Waals surface area contributed by atoms with Crippen molar-refractivity contribution >= 4 is 17.6 Å². The molecule has 1 saturated heterocycles. The molecule has 2 fully saturated rings. The summed E-state index contributed by atoms with van der Waals surface area (Å²) in [5.41, 5.74) is 3.87. The lowest BCUT2D eigenvalue weighted by atomic mass is 9.95. The minimum atomic E-state index is -0.0144. The minimum Gasteiger partial charge on any atom is -0.349 e. The number of anilines is 1. The molecule has 0 atom stereocenters. The van der Waals surface area contributed by atoms with Crippen molar-refractivity contribution in [3.63, 3.8) is 0 Å². The molecule has 1 aliphatic heterocycles. The Hall–Kier alpha value is -2.82. The molecule has 1 N–H and O–H groups in total. The third kappa shape index (κ3) is 4.84. The highest BCUT2D eigenvalue weighted by Gasteiger charge is 2.27. The molecule has 4 rings (SSSR count). The molecule has 30 heavy (non-hydrogen) atoms. The van der Waals surface area contributed by atoms with Crippen LogP contribution < -0.4 is 10.2 Å². The summed E-state index contributed by atoms with van der Waals surface area (Å²) in [6, 6.07) is 16.1. The molecular weight excluding hydrogens is 374 g/mol. The fraction of sp³-hybridized carbons (Fsp3) is 0.440. The molecule has 0 unspecified atom stereocenters. The summed E-state index contributed by atoms with van der Waals surface area (Å²) in [6.07, 6.45) is 6.74. The molecule has 0 radical (unpaired) electrons. The fourth-order valence-electron chi connectivity index (χ4n) is 4.39. The maximum absolute atomic E-state index is 13.1. The Bertz CT molecular complexity index is 870. The molecule has 1 saturated carbocycles. The zero-order valence-corrected chi connectivity index (χ0v) is 17.8. The third-order valence-electron chi connectivity index (χ3n) is 6.19. The van der Waals surface area contributed by atoms with Gasteiger partial charge in [-0.1, -0.05) is 49.1 Å². The van der Waals surface area contributed by atoms with Crippen LogP contribution in [-0.2, 0) is 6.54 Å². The van der Waals surface area contributed by atoms with Gasteiger partial charge in [-0.3, -0.25) is 9.69 Å². The van der Waals surface area contributed by atoms with Crippen molar-refractivity contribution in [3.8, 4) is 0 Å². The van der Waals surface area contributed by atoms with E-state index in [9.17, 15) is 9.59 Å². The zero-order valence-electron chi connectivity index (χ0n) is 17.8. The first-order chi connectivity index (χ1) is 14.6. The van der Waals surface area contributed by atoms with Crippen LogP contribution in [0.25, 0.3) is 0 Å². The first-order valence-corrected chi connectivity index (χ1v) is 11.1. The molecule has 2 aromatic carbocycles. The van der Waals surface area contributed by atoms with Crippen molar-refractivity contribution in [1.82, 2.24) is 10.2 Å². The summed E-state index contributed by atoms with van der Waals surface area (Å²) in [7, 11) is 0. The Morgan fingerprint density at radius 1 is 0.933 bits per heavy atom. The second-order valence-electron chi connectivity index (χ2n) is 8.55. The van der Waals surface area contributed by atoms with Crippen LogP contribution in [0.5, 0.6) is 0 Å². The summed E-state index contributed by atoms with van der Waals surface area (Å²) >= 11 is 0. The molecular formula is C25H31N3O2. The van der Waals surface area contributed by atoms with Crippen molar-refractivity contribution in [2.45, 2.75) is 58.0 Å². The van der Waals surface area contributed by atoms with Gasteiger partial charge in [0, 0.05) is 36.9 Å². The van der Waals surface area contributed by atoms with Crippen LogP contribution in [0.4, 0.5) is 10.5 Å². The zero-order chi connectivity index (χ0) is 20.9. The monoisotopic (exact) mass is 405 g/mol. The Kier molecular flexibility index (Phi) is 6.36. The van der Waals surface area contributed by atoms with Gasteiger partial charge in [0.15, 0.2) is 0 Å². The van der Waals surface area contributed by atoms with Gasteiger partial charge >= 0.3 is 6.03 Å². The van der Waals surface area contributed by atoms with E-state index in [4.69, 9.17) is 0 Å². The number of carbonyl (C=O) groups excluding carboxylic acids is 2. The second-order valence-corrected chi connectivity index (χ2v) is 8.55. The molecule has 5 nitrogen and oxygen atoms in total. The van der Waals surface area contributed by atoms with E-state index >= 15 is 0 Å². The maximum Gasteiger partial charge on any atom is 0.324 e. The number of hydrogen-bond acceptors (Lipinski definition) is 2. The standard InChI is InChI=1S/C25H31N3O2/c1-19-8-10-20(11-9-19)18-27-16-5-17-28(25(27)30)23-14-12-21(13-15-23)24(29)26-22-6-3-2-4-7-22/h8-15,22H,2-7,16-18H2,1H3,(H,26,29). The lowest BCUT2D eigenvalue weighted by Crippen LogP contribution is -2.49. The van der Waals surface area contributed by atoms with Crippen LogP contribution >= 0.6 is 0 Å². The maximum atomic E-state index is 13.1. The van der Waals surface area contributed by atoms with Crippen molar-refractivity contribution in [2.24, 2.45) is 0 Å². The first-order valence-electron chi connectivity index (χ1n) is 11.1. The number of amides is 3. The predicted octanol–water partition coefficient (Wildman–Crippen LogP) is 4.89. The molecule has 158 valence electrons. The number of hydrogen-bond donors (Lipinski definition) is 1. The van der Waals surface area contributed by atoms with Crippen LogP contribution in [0.15, 0.2) is 48.5 Å². The molecule has 2 aliphatic rings. The van der Waals surface area contributed by atoms with Gasteiger partial charge in [-0.15, -0.1) is 0 Å². The molecule has 1 heterocycles. The normalized spacial score (nSPS) is 17.8.